The van der Waals surface area contributed by atoms with Crippen LogP contribution in [0.3, 0.4) is 0 Å². The van der Waals surface area contributed by atoms with Crippen molar-refractivity contribution < 1.29 is 14.4 Å². The molecule has 48 heavy (non-hydrogen) atoms. The Hall–Kier alpha value is -3.45. The molecule has 0 spiro atoms. The summed E-state index contributed by atoms with van der Waals surface area (Å²) < 4.78 is 3.65. The summed E-state index contributed by atoms with van der Waals surface area (Å²) in [5.41, 5.74) is -2.25. The first kappa shape index (κ1) is 37.4. The van der Waals surface area contributed by atoms with Gasteiger partial charge in [-0.2, -0.15) is 0 Å². The molecule has 0 N–H and O–H groups in total. The van der Waals surface area contributed by atoms with Crippen molar-refractivity contribution in [3.63, 3.8) is 0 Å². The minimum Gasteiger partial charge on any atom is -0.247 e. The Morgan fingerprint density at radius 3 is 0.896 bits per heavy atom. The molecule has 3 aliphatic carbocycles. The van der Waals surface area contributed by atoms with Crippen LogP contribution in [0.25, 0.3) is 0 Å². The minimum atomic E-state index is -0.779. The molecule has 3 aliphatic rings. The molecule has 0 radical (unpaired) electrons. The molecule has 12 nitrogen and oxygen atoms in total. The van der Waals surface area contributed by atoms with Crippen LogP contribution in [0.1, 0.15) is 154 Å². The van der Waals surface area contributed by atoms with Gasteiger partial charge in [0, 0.05) is 0 Å². The van der Waals surface area contributed by atoms with E-state index in [0.717, 1.165) is 96.3 Å². The lowest BCUT2D eigenvalue weighted by Gasteiger charge is -2.39. The molecule has 0 aromatic carbocycles. The maximum absolute atomic E-state index is 15.1. The Morgan fingerprint density at radius 2 is 0.708 bits per heavy atom. The van der Waals surface area contributed by atoms with Gasteiger partial charge in [-0.3, -0.25) is 0 Å². The highest BCUT2D eigenvalue weighted by molar-refractivity contribution is 5.34. The number of aromatic nitrogens is 3. The number of isocyanates is 3. The average Bonchev–Trinajstić information content (AvgIpc) is 3.12. The van der Waals surface area contributed by atoms with E-state index < -0.39 is 53.3 Å². The summed E-state index contributed by atoms with van der Waals surface area (Å²) in [6.07, 6.45) is 19.3. The first-order valence-corrected chi connectivity index (χ1v) is 18.6. The zero-order valence-corrected chi connectivity index (χ0v) is 29.1. The van der Waals surface area contributed by atoms with Gasteiger partial charge < -0.3 is 0 Å². The van der Waals surface area contributed by atoms with Crippen LogP contribution in [0.15, 0.2) is 29.4 Å². The standard InChI is InChI=1S/C36H54N6O6/c1-4-28(37-22-43)31(25-16-10-7-11-17-25)40-34(46)41(32(29(5-2)38-23-44)26-18-12-8-13-19-26)36(48)42(35(40)47)33(30(6-3)39-24-45)27-20-14-9-15-21-27/h25-33H,4-21H2,1-3H3. The predicted octanol–water partition coefficient (Wildman–Crippen LogP) is 5.88. The fraction of sp³-hybridized carbons (Fsp3) is 0.833. The topological polar surface area (TPSA) is 154 Å². The molecule has 12 heteroatoms. The van der Waals surface area contributed by atoms with Crippen molar-refractivity contribution in [2.75, 3.05) is 0 Å². The largest absolute Gasteiger partial charge is 0.337 e. The summed E-state index contributed by atoms with van der Waals surface area (Å²) >= 11 is 0. The van der Waals surface area contributed by atoms with Crippen LogP contribution in [-0.2, 0) is 14.4 Å². The monoisotopic (exact) mass is 666 g/mol. The number of hydrogen-bond donors (Lipinski definition) is 0. The molecule has 0 aliphatic heterocycles. The van der Waals surface area contributed by atoms with Gasteiger partial charge in [-0.05, 0) is 75.5 Å². The Morgan fingerprint density at radius 1 is 0.479 bits per heavy atom. The summed E-state index contributed by atoms with van der Waals surface area (Å²) in [5, 5.41) is 0. The summed E-state index contributed by atoms with van der Waals surface area (Å²) in [6, 6.07) is -4.46. The van der Waals surface area contributed by atoms with E-state index in [1.807, 2.05) is 20.8 Å². The molecule has 0 bridgehead atoms. The number of hydrogen-bond acceptors (Lipinski definition) is 9. The third kappa shape index (κ3) is 8.05. The normalized spacial score (nSPS) is 21.8. The van der Waals surface area contributed by atoms with Gasteiger partial charge in [0.25, 0.3) is 0 Å². The molecule has 1 heterocycles. The highest BCUT2D eigenvalue weighted by atomic mass is 16.2. The van der Waals surface area contributed by atoms with Gasteiger partial charge in [-0.15, -0.1) is 0 Å². The van der Waals surface area contributed by atoms with E-state index in [1.165, 1.54) is 13.7 Å². The van der Waals surface area contributed by atoms with Crippen molar-refractivity contribution in [2.45, 2.75) is 173 Å². The van der Waals surface area contributed by atoms with Crippen LogP contribution in [0, 0.1) is 17.8 Å². The second-order valence-corrected chi connectivity index (χ2v) is 14.2. The maximum atomic E-state index is 15.1. The van der Waals surface area contributed by atoms with Crippen LogP contribution < -0.4 is 17.1 Å². The predicted molar refractivity (Wildman–Crippen MR) is 183 cm³/mol. The van der Waals surface area contributed by atoms with Crippen molar-refractivity contribution in [3.05, 3.63) is 31.5 Å². The maximum Gasteiger partial charge on any atom is 0.337 e. The van der Waals surface area contributed by atoms with E-state index in [4.69, 9.17) is 0 Å². The second-order valence-electron chi connectivity index (χ2n) is 14.2. The third-order valence-electron chi connectivity index (χ3n) is 11.6. The molecule has 4 rings (SSSR count). The zero-order valence-electron chi connectivity index (χ0n) is 29.1. The van der Waals surface area contributed by atoms with Crippen LogP contribution in [0.2, 0.25) is 0 Å². The van der Waals surface area contributed by atoms with Gasteiger partial charge in [-0.1, -0.05) is 78.6 Å². The highest BCUT2D eigenvalue weighted by Crippen LogP contribution is 2.39. The third-order valence-corrected chi connectivity index (χ3v) is 11.6. The summed E-state index contributed by atoms with van der Waals surface area (Å²) in [7, 11) is 0. The van der Waals surface area contributed by atoms with Gasteiger partial charge >= 0.3 is 17.1 Å². The second kappa shape index (κ2) is 18.4. The van der Waals surface area contributed by atoms with E-state index in [1.54, 1.807) is 18.2 Å². The van der Waals surface area contributed by atoms with E-state index in [9.17, 15) is 14.4 Å². The van der Waals surface area contributed by atoms with Crippen LogP contribution in [0.4, 0.5) is 0 Å². The molecule has 0 amide bonds. The van der Waals surface area contributed by atoms with Crippen molar-refractivity contribution in [1.29, 1.82) is 0 Å². The number of carbonyl (C=O) groups excluding carboxylic acids is 3. The lowest BCUT2D eigenvalue weighted by Crippen LogP contribution is -2.62. The average molecular weight is 667 g/mol. The minimum absolute atomic E-state index is 0.128. The fourth-order valence-corrected chi connectivity index (χ4v) is 9.31. The van der Waals surface area contributed by atoms with Crippen LogP contribution in [0.5, 0.6) is 0 Å². The summed E-state index contributed by atoms with van der Waals surface area (Å²) in [6.45, 7) is 5.61. The molecule has 6 unspecified atom stereocenters. The number of rotatable bonds is 15. The SMILES string of the molecule is CCC(N=C=O)C(C1CCCCC1)n1c(=O)n(C(C2CCCCC2)C(CC)N=C=O)c(=O)n(C(C2CCCCC2)C(CC)N=C=O)c1=O. The van der Waals surface area contributed by atoms with Gasteiger partial charge in [-0.25, -0.2) is 57.4 Å². The first-order chi connectivity index (χ1) is 23.4. The Balaban J connectivity index is 2.18. The Bertz CT molecular complexity index is 1320. The van der Waals surface area contributed by atoms with Crippen molar-refractivity contribution in [1.82, 2.24) is 13.7 Å². The van der Waals surface area contributed by atoms with Crippen molar-refractivity contribution in [2.24, 2.45) is 32.7 Å². The lowest BCUT2D eigenvalue weighted by molar-refractivity contribution is 0.149. The number of nitrogens with zero attached hydrogens (tertiary/aromatic N) is 6. The molecule has 3 fully saturated rings. The lowest BCUT2D eigenvalue weighted by atomic mass is 9.79. The zero-order chi connectivity index (χ0) is 34.6. The van der Waals surface area contributed by atoms with Gasteiger partial charge in [0.05, 0.1) is 36.3 Å². The van der Waals surface area contributed by atoms with Crippen LogP contribution in [-0.4, -0.2) is 50.1 Å². The quantitative estimate of drug-likeness (QED) is 0.168. The number of aliphatic imine (C=N–C) groups is 3. The molecule has 3 saturated carbocycles. The Labute approximate surface area is 282 Å². The molecular weight excluding hydrogens is 612 g/mol. The van der Waals surface area contributed by atoms with Gasteiger partial charge in [0.2, 0.25) is 18.2 Å². The smallest absolute Gasteiger partial charge is 0.247 e. The molecular formula is C36H54N6O6. The van der Waals surface area contributed by atoms with Crippen LogP contribution >= 0.6 is 0 Å². The highest BCUT2D eigenvalue weighted by Gasteiger charge is 2.42. The Kier molecular flexibility index (Phi) is 14.3. The van der Waals surface area contributed by atoms with E-state index >= 15 is 14.4 Å². The molecule has 1 aromatic rings. The summed E-state index contributed by atoms with van der Waals surface area (Å²) in [5.74, 6) is -0.384. The molecule has 1 aromatic heterocycles. The molecule has 0 saturated heterocycles. The first-order valence-electron chi connectivity index (χ1n) is 18.6. The fourth-order valence-electron chi connectivity index (χ4n) is 9.31. The molecule has 6 atom stereocenters. The van der Waals surface area contributed by atoms with E-state index in [2.05, 4.69) is 15.0 Å². The van der Waals surface area contributed by atoms with Crippen molar-refractivity contribution in [3.8, 4) is 0 Å². The van der Waals surface area contributed by atoms with Crippen molar-refractivity contribution >= 4 is 18.2 Å². The van der Waals surface area contributed by atoms with E-state index in [-0.39, 0.29) is 17.8 Å². The van der Waals surface area contributed by atoms with E-state index in [0.29, 0.717) is 19.3 Å². The van der Waals surface area contributed by atoms with Gasteiger partial charge in [0.15, 0.2) is 0 Å². The summed E-state index contributed by atoms with van der Waals surface area (Å²) in [4.78, 5) is 93.0. The van der Waals surface area contributed by atoms with Gasteiger partial charge in [0.1, 0.15) is 0 Å². The molecule has 264 valence electrons.